The predicted molar refractivity (Wildman–Crippen MR) is 98.1 cm³/mol. The Labute approximate surface area is 164 Å². The van der Waals surface area contributed by atoms with Crippen molar-refractivity contribution in [3.05, 3.63) is 28.0 Å². The van der Waals surface area contributed by atoms with E-state index in [1.165, 1.54) is 6.07 Å². The number of rotatable bonds is 4. The second-order valence-electron chi connectivity index (χ2n) is 7.82. The fourth-order valence-corrected chi connectivity index (χ4v) is 3.43. The Morgan fingerprint density at radius 1 is 1.26 bits per heavy atom. The molecule has 0 radical (unpaired) electrons. The van der Waals surface area contributed by atoms with Crippen LogP contribution in [0.25, 0.3) is 0 Å². The van der Waals surface area contributed by atoms with E-state index < -0.39 is 29.3 Å². The first-order valence-corrected chi connectivity index (χ1v) is 9.38. The molecule has 1 saturated carbocycles. The van der Waals surface area contributed by atoms with E-state index in [1.54, 1.807) is 27.7 Å². The third-order valence-electron chi connectivity index (χ3n) is 4.32. The van der Waals surface area contributed by atoms with Crippen LogP contribution in [0.15, 0.2) is 16.6 Å². The number of hydrogen-bond donors (Lipinski definition) is 2. The molecule has 0 spiro atoms. The molecule has 0 unspecified atom stereocenters. The van der Waals surface area contributed by atoms with E-state index in [4.69, 9.17) is 4.74 Å². The third-order valence-corrected chi connectivity index (χ3v) is 4.78. The maximum atomic E-state index is 13.8. The zero-order chi connectivity index (χ0) is 20.6. The van der Waals surface area contributed by atoms with E-state index in [-0.39, 0.29) is 28.2 Å². The van der Waals surface area contributed by atoms with Crippen molar-refractivity contribution in [2.24, 2.45) is 5.92 Å². The number of ether oxygens (including phenoxy) is 1. The minimum atomic E-state index is -4.80. The first-order chi connectivity index (χ1) is 12.3. The largest absolute Gasteiger partial charge is 0.444 e. The minimum Gasteiger partial charge on any atom is -0.444 e. The fraction of sp³-hybridized carbons (Fsp3) is 0.611. The molecule has 1 aliphatic rings. The smallest absolute Gasteiger partial charge is 0.421 e. The van der Waals surface area contributed by atoms with Gasteiger partial charge in [0.1, 0.15) is 17.0 Å². The van der Waals surface area contributed by atoms with Crippen LogP contribution in [-0.2, 0) is 10.9 Å². The second-order valence-corrected chi connectivity index (χ2v) is 8.73. The highest BCUT2D eigenvalue weighted by Gasteiger charge is 2.39. The average molecular weight is 455 g/mol. The standard InChI is InChI=1S/C18H23BrF4N2O2/c1-9(10-5-12(6-10)25-16(26)27-17(2,3)4)24-14-8-11(19)7-13(20)15(14)18(21,22)23/h7-10,12,24H,5-6H2,1-4H3,(H,25,26)/t9-,10?,12?/m0/s1. The van der Waals surface area contributed by atoms with Crippen LogP contribution in [0.2, 0.25) is 0 Å². The molecular formula is C18H23BrF4N2O2. The predicted octanol–water partition coefficient (Wildman–Crippen LogP) is 5.71. The fourth-order valence-electron chi connectivity index (χ4n) is 3.00. The first kappa shape index (κ1) is 21.8. The molecule has 1 atom stereocenters. The van der Waals surface area contributed by atoms with Crippen molar-refractivity contribution >= 4 is 27.7 Å². The van der Waals surface area contributed by atoms with Crippen molar-refractivity contribution in [2.75, 3.05) is 5.32 Å². The van der Waals surface area contributed by atoms with Gasteiger partial charge in [-0.2, -0.15) is 13.2 Å². The van der Waals surface area contributed by atoms with Gasteiger partial charge in [0.25, 0.3) is 0 Å². The molecule has 0 bridgehead atoms. The molecule has 27 heavy (non-hydrogen) atoms. The van der Waals surface area contributed by atoms with E-state index in [2.05, 4.69) is 26.6 Å². The number of alkyl halides is 3. The summed E-state index contributed by atoms with van der Waals surface area (Å²) in [4.78, 5) is 11.7. The first-order valence-electron chi connectivity index (χ1n) is 8.58. The monoisotopic (exact) mass is 454 g/mol. The van der Waals surface area contributed by atoms with Crippen molar-refractivity contribution in [1.82, 2.24) is 5.32 Å². The van der Waals surface area contributed by atoms with Gasteiger partial charge in [-0.1, -0.05) is 15.9 Å². The van der Waals surface area contributed by atoms with Gasteiger partial charge in [-0.25, -0.2) is 9.18 Å². The van der Waals surface area contributed by atoms with E-state index in [9.17, 15) is 22.4 Å². The van der Waals surface area contributed by atoms with Crippen LogP contribution in [0, 0.1) is 11.7 Å². The van der Waals surface area contributed by atoms with Crippen molar-refractivity contribution in [1.29, 1.82) is 0 Å². The van der Waals surface area contributed by atoms with Crippen LogP contribution in [0.5, 0.6) is 0 Å². The summed E-state index contributed by atoms with van der Waals surface area (Å²) in [5, 5.41) is 5.52. The lowest BCUT2D eigenvalue weighted by Gasteiger charge is -2.40. The Morgan fingerprint density at radius 3 is 2.37 bits per heavy atom. The summed E-state index contributed by atoms with van der Waals surface area (Å²) in [7, 11) is 0. The highest BCUT2D eigenvalue weighted by atomic mass is 79.9. The highest BCUT2D eigenvalue weighted by molar-refractivity contribution is 9.10. The Morgan fingerprint density at radius 2 is 1.85 bits per heavy atom. The normalized spacial score (nSPS) is 21.2. The molecular weight excluding hydrogens is 432 g/mol. The molecule has 9 heteroatoms. The molecule has 2 N–H and O–H groups in total. The number of carbonyl (C=O) groups is 1. The number of halogens is 5. The summed E-state index contributed by atoms with van der Waals surface area (Å²) in [5.74, 6) is -1.28. The summed E-state index contributed by atoms with van der Waals surface area (Å²) in [6, 6.07) is 1.60. The molecule has 0 aliphatic heterocycles. The lowest BCUT2D eigenvalue weighted by molar-refractivity contribution is -0.139. The number of carbonyl (C=O) groups excluding carboxylic acids is 1. The van der Waals surface area contributed by atoms with Crippen LogP contribution in [0.1, 0.15) is 46.1 Å². The lowest BCUT2D eigenvalue weighted by Crippen LogP contribution is -2.50. The quantitative estimate of drug-likeness (QED) is 0.572. The van der Waals surface area contributed by atoms with Gasteiger partial charge in [0.05, 0.1) is 5.69 Å². The number of benzene rings is 1. The molecule has 1 aromatic carbocycles. The topological polar surface area (TPSA) is 50.4 Å². The van der Waals surface area contributed by atoms with Gasteiger partial charge in [0, 0.05) is 16.6 Å². The van der Waals surface area contributed by atoms with Gasteiger partial charge in [-0.15, -0.1) is 0 Å². The highest BCUT2D eigenvalue weighted by Crippen LogP contribution is 2.40. The molecule has 0 aromatic heterocycles. The van der Waals surface area contributed by atoms with Crippen LogP contribution >= 0.6 is 15.9 Å². The summed E-state index contributed by atoms with van der Waals surface area (Å²) >= 11 is 3.02. The summed E-state index contributed by atoms with van der Waals surface area (Å²) in [6.45, 7) is 7.03. The zero-order valence-corrected chi connectivity index (χ0v) is 17.1. The summed E-state index contributed by atoms with van der Waals surface area (Å²) in [6.07, 6.45) is -4.11. The Bertz CT molecular complexity index is 698. The van der Waals surface area contributed by atoms with Gasteiger partial charge in [0.2, 0.25) is 0 Å². The average Bonchev–Trinajstić information content (AvgIpc) is 2.37. The molecule has 0 saturated heterocycles. The molecule has 1 amide bonds. The van der Waals surface area contributed by atoms with Crippen molar-refractivity contribution in [3.63, 3.8) is 0 Å². The number of hydrogen-bond acceptors (Lipinski definition) is 3. The van der Waals surface area contributed by atoms with Gasteiger partial charge in [0.15, 0.2) is 0 Å². The zero-order valence-electron chi connectivity index (χ0n) is 15.5. The summed E-state index contributed by atoms with van der Waals surface area (Å²) < 4.78 is 58.8. The molecule has 0 heterocycles. The Hall–Kier alpha value is -1.51. The lowest BCUT2D eigenvalue weighted by atomic mass is 9.76. The maximum absolute atomic E-state index is 13.8. The molecule has 152 valence electrons. The Balaban J connectivity index is 1.96. The maximum Gasteiger partial charge on any atom is 0.421 e. The van der Waals surface area contributed by atoms with Crippen molar-refractivity contribution < 1.29 is 27.1 Å². The third kappa shape index (κ3) is 5.99. The Kier molecular flexibility index (Phi) is 6.33. The van der Waals surface area contributed by atoms with E-state index >= 15 is 0 Å². The minimum absolute atomic E-state index is 0.0491. The molecule has 1 aliphatic carbocycles. The number of nitrogens with one attached hydrogen (secondary N) is 2. The van der Waals surface area contributed by atoms with E-state index in [1.807, 2.05) is 0 Å². The SMILES string of the molecule is C[C@H](Nc1cc(Br)cc(F)c1C(F)(F)F)C1CC(NC(=O)OC(C)(C)C)C1. The van der Waals surface area contributed by atoms with Crippen LogP contribution < -0.4 is 10.6 Å². The molecule has 4 nitrogen and oxygen atoms in total. The summed E-state index contributed by atoms with van der Waals surface area (Å²) in [5.41, 5.74) is -2.20. The van der Waals surface area contributed by atoms with Crippen molar-refractivity contribution in [2.45, 2.75) is 64.4 Å². The second kappa shape index (κ2) is 7.85. The molecule has 1 aromatic rings. The van der Waals surface area contributed by atoms with Crippen LogP contribution in [0.4, 0.5) is 28.0 Å². The van der Waals surface area contributed by atoms with E-state index in [0.29, 0.717) is 12.8 Å². The van der Waals surface area contributed by atoms with Gasteiger partial charge < -0.3 is 15.4 Å². The number of amides is 1. The molecule has 1 fully saturated rings. The van der Waals surface area contributed by atoms with Crippen LogP contribution in [0.3, 0.4) is 0 Å². The molecule has 2 rings (SSSR count). The van der Waals surface area contributed by atoms with E-state index in [0.717, 1.165) is 6.07 Å². The van der Waals surface area contributed by atoms with Crippen LogP contribution in [-0.4, -0.2) is 23.8 Å². The van der Waals surface area contributed by atoms with Gasteiger partial charge in [-0.3, -0.25) is 0 Å². The van der Waals surface area contributed by atoms with Gasteiger partial charge in [-0.05, 0) is 58.6 Å². The number of alkyl carbamates (subject to hydrolysis) is 1. The van der Waals surface area contributed by atoms with Crippen molar-refractivity contribution in [3.8, 4) is 0 Å². The number of anilines is 1. The van der Waals surface area contributed by atoms with Gasteiger partial charge >= 0.3 is 12.3 Å².